The molecule has 0 fully saturated rings. The first kappa shape index (κ1) is 27.7. The number of fused-ring (bicyclic) bond motifs is 1. The van der Waals surface area contributed by atoms with Gasteiger partial charge >= 0.3 is 5.97 Å². The Morgan fingerprint density at radius 3 is 2.57 bits per heavy atom. The number of carboxylic acid groups (broad SMARTS) is 1. The molecule has 2 aromatic heterocycles. The number of benzene rings is 1. The average molecular weight is 530 g/mol. The SMILES string of the molecule is CSCCC(NC(=O)CNC(=O)C(N)Cc1cnc[nH]1)C(=O)NC(Cc1c[nH]c2ccccc12)C(=O)O. The number of hydrogen-bond donors (Lipinski definition) is 7. The Labute approximate surface area is 217 Å². The van der Waals surface area contributed by atoms with Gasteiger partial charge in [-0.2, -0.15) is 11.8 Å². The van der Waals surface area contributed by atoms with Gasteiger partial charge in [0.25, 0.3) is 0 Å². The molecule has 37 heavy (non-hydrogen) atoms. The molecule has 0 radical (unpaired) electrons. The number of nitrogens with one attached hydrogen (secondary N) is 5. The van der Waals surface area contributed by atoms with E-state index < -0.39 is 41.8 Å². The van der Waals surface area contributed by atoms with Crippen molar-refractivity contribution in [3.05, 3.63) is 54.2 Å². The second-order valence-corrected chi connectivity index (χ2v) is 9.46. The fourth-order valence-electron chi connectivity index (χ4n) is 3.77. The second-order valence-electron chi connectivity index (χ2n) is 8.47. The van der Waals surface area contributed by atoms with Crippen molar-refractivity contribution in [2.24, 2.45) is 5.73 Å². The highest BCUT2D eigenvalue weighted by Crippen LogP contribution is 2.19. The van der Waals surface area contributed by atoms with Crippen LogP contribution in [0.5, 0.6) is 0 Å². The van der Waals surface area contributed by atoms with Gasteiger partial charge in [0.2, 0.25) is 17.7 Å². The van der Waals surface area contributed by atoms with E-state index in [0.29, 0.717) is 11.4 Å². The third-order valence-electron chi connectivity index (χ3n) is 5.73. The maximum absolute atomic E-state index is 13.0. The van der Waals surface area contributed by atoms with Gasteiger partial charge in [0, 0.05) is 41.8 Å². The van der Waals surface area contributed by atoms with E-state index in [9.17, 15) is 24.3 Å². The first-order chi connectivity index (χ1) is 17.8. The third kappa shape index (κ3) is 8.08. The Morgan fingerprint density at radius 1 is 1.08 bits per heavy atom. The highest BCUT2D eigenvalue weighted by atomic mass is 32.2. The molecule has 8 N–H and O–H groups in total. The lowest BCUT2D eigenvalue weighted by atomic mass is 10.0. The molecule has 3 unspecified atom stereocenters. The van der Waals surface area contributed by atoms with Crippen LogP contribution in [-0.2, 0) is 32.0 Å². The summed E-state index contributed by atoms with van der Waals surface area (Å²) in [5, 5.41) is 18.2. The number of nitrogens with zero attached hydrogens (tertiary/aromatic N) is 1. The third-order valence-corrected chi connectivity index (χ3v) is 6.37. The van der Waals surface area contributed by atoms with Gasteiger partial charge in [-0.25, -0.2) is 9.78 Å². The highest BCUT2D eigenvalue weighted by Gasteiger charge is 2.27. The summed E-state index contributed by atoms with van der Waals surface area (Å²) >= 11 is 1.48. The molecule has 0 saturated heterocycles. The van der Waals surface area contributed by atoms with E-state index in [1.807, 2.05) is 30.5 Å². The fraction of sp³-hybridized carbons (Fsp3) is 0.375. The lowest BCUT2D eigenvalue weighted by Crippen LogP contribution is -2.54. The number of aliphatic carboxylic acids is 1. The summed E-state index contributed by atoms with van der Waals surface area (Å²) in [6.45, 7) is -0.379. The molecule has 12 nitrogen and oxygen atoms in total. The highest BCUT2D eigenvalue weighted by molar-refractivity contribution is 7.98. The van der Waals surface area contributed by atoms with Gasteiger partial charge in [-0.3, -0.25) is 14.4 Å². The van der Waals surface area contributed by atoms with Crippen LogP contribution in [0.25, 0.3) is 10.9 Å². The lowest BCUT2D eigenvalue weighted by Gasteiger charge is -2.21. The molecule has 1 aromatic carbocycles. The molecule has 0 aliphatic heterocycles. The van der Waals surface area contributed by atoms with Crippen LogP contribution in [0.4, 0.5) is 0 Å². The monoisotopic (exact) mass is 529 g/mol. The van der Waals surface area contributed by atoms with Crippen LogP contribution in [0.2, 0.25) is 0 Å². The molecule has 2 heterocycles. The maximum atomic E-state index is 13.0. The predicted molar refractivity (Wildman–Crippen MR) is 140 cm³/mol. The Kier molecular flexibility index (Phi) is 10.1. The van der Waals surface area contributed by atoms with Crippen molar-refractivity contribution in [3.8, 4) is 0 Å². The van der Waals surface area contributed by atoms with Crippen LogP contribution in [0, 0.1) is 0 Å². The van der Waals surface area contributed by atoms with Crippen molar-refractivity contribution in [3.63, 3.8) is 0 Å². The minimum atomic E-state index is -1.19. The van der Waals surface area contributed by atoms with Gasteiger partial charge < -0.3 is 36.8 Å². The van der Waals surface area contributed by atoms with Crippen molar-refractivity contribution in [2.45, 2.75) is 37.4 Å². The number of hydrogen-bond acceptors (Lipinski definition) is 7. The smallest absolute Gasteiger partial charge is 0.326 e. The summed E-state index contributed by atoms with van der Waals surface area (Å²) in [6, 6.07) is 4.42. The molecule has 3 rings (SSSR count). The van der Waals surface area contributed by atoms with E-state index in [2.05, 4.69) is 30.9 Å². The molecule has 0 bridgehead atoms. The molecule has 0 saturated carbocycles. The van der Waals surface area contributed by atoms with Crippen LogP contribution in [0.1, 0.15) is 17.7 Å². The summed E-state index contributed by atoms with van der Waals surface area (Å²) < 4.78 is 0. The second kappa shape index (κ2) is 13.5. The first-order valence-electron chi connectivity index (χ1n) is 11.7. The number of carbonyl (C=O) groups is 4. The molecule has 198 valence electrons. The van der Waals surface area contributed by atoms with E-state index in [1.165, 1.54) is 18.1 Å². The lowest BCUT2D eigenvalue weighted by molar-refractivity contribution is -0.142. The van der Waals surface area contributed by atoms with E-state index in [-0.39, 0.29) is 25.8 Å². The van der Waals surface area contributed by atoms with Crippen LogP contribution in [0.15, 0.2) is 43.0 Å². The number of imidazole rings is 1. The fourth-order valence-corrected chi connectivity index (χ4v) is 4.24. The average Bonchev–Trinajstić information content (AvgIpc) is 3.54. The van der Waals surface area contributed by atoms with E-state index in [0.717, 1.165) is 16.5 Å². The maximum Gasteiger partial charge on any atom is 0.326 e. The van der Waals surface area contributed by atoms with Crippen molar-refractivity contribution in [1.29, 1.82) is 0 Å². The van der Waals surface area contributed by atoms with Crippen LogP contribution < -0.4 is 21.7 Å². The minimum Gasteiger partial charge on any atom is -0.480 e. The zero-order chi connectivity index (χ0) is 26.8. The number of rotatable bonds is 14. The number of H-pyrrole nitrogens is 2. The molecular weight excluding hydrogens is 498 g/mol. The molecule has 3 aromatic rings. The topological polar surface area (TPSA) is 195 Å². The van der Waals surface area contributed by atoms with Crippen molar-refractivity contribution in [1.82, 2.24) is 30.9 Å². The molecule has 0 spiro atoms. The summed E-state index contributed by atoms with van der Waals surface area (Å²) in [6.07, 6.45) is 7.18. The van der Waals surface area contributed by atoms with Crippen LogP contribution in [-0.4, -0.2) is 80.4 Å². The van der Waals surface area contributed by atoms with Crippen molar-refractivity contribution in [2.75, 3.05) is 18.6 Å². The Bertz CT molecular complexity index is 1210. The predicted octanol–water partition coefficient (Wildman–Crippen LogP) is -0.0730. The van der Waals surface area contributed by atoms with E-state index in [1.54, 1.807) is 12.4 Å². The first-order valence-corrected chi connectivity index (χ1v) is 13.0. The van der Waals surface area contributed by atoms with Crippen LogP contribution in [0.3, 0.4) is 0 Å². The number of aromatic nitrogens is 3. The number of carbonyl (C=O) groups excluding carboxylic acids is 3. The number of amides is 3. The molecular formula is C24H31N7O5S. The van der Waals surface area contributed by atoms with Gasteiger partial charge in [-0.05, 0) is 30.1 Å². The molecule has 0 aliphatic rings. The van der Waals surface area contributed by atoms with Crippen molar-refractivity contribution < 1.29 is 24.3 Å². The summed E-state index contributed by atoms with van der Waals surface area (Å²) in [5.74, 6) is -2.37. The number of thioether (sulfide) groups is 1. The van der Waals surface area contributed by atoms with Gasteiger partial charge in [-0.1, -0.05) is 18.2 Å². The Morgan fingerprint density at radius 2 is 1.86 bits per heavy atom. The molecule has 13 heteroatoms. The van der Waals surface area contributed by atoms with Gasteiger partial charge in [0.15, 0.2) is 0 Å². The van der Waals surface area contributed by atoms with Gasteiger partial charge in [0.05, 0.1) is 18.9 Å². The van der Waals surface area contributed by atoms with Gasteiger partial charge in [0.1, 0.15) is 12.1 Å². The molecule has 0 aliphatic carbocycles. The molecule has 3 atom stereocenters. The van der Waals surface area contributed by atoms with Crippen LogP contribution >= 0.6 is 11.8 Å². The number of nitrogens with two attached hydrogens (primary N) is 1. The summed E-state index contributed by atoms with van der Waals surface area (Å²) in [5.41, 5.74) is 8.17. The summed E-state index contributed by atoms with van der Waals surface area (Å²) in [4.78, 5) is 59.5. The van der Waals surface area contributed by atoms with Gasteiger partial charge in [-0.15, -0.1) is 0 Å². The van der Waals surface area contributed by atoms with E-state index in [4.69, 9.17) is 5.73 Å². The normalized spacial score (nSPS) is 13.5. The Hall–Kier alpha value is -3.84. The number of carboxylic acids is 1. The minimum absolute atomic E-state index is 0.0680. The van der Waals surface area contributed by atoms with E-state index >= 15 is 0 Å². The quantitative estimate of drug-likeness (QED) is 0.151. The zero-order valence-electron chi connectivity index (χ0n) is 20.3. The molecule has 3 amide bonds. The summed E-state index contributed by atoms with van der Waals surface area (Å²) in [7, 11) is 0. The largest absolute Gasteiger partial charge is 0.480 e. The zero-order valence-corrected chi connectivity index (χ0v) is 21.1. The standard InChI is InChI=1S/C24H31N7O5S/c1-37-7-6-19(30-21(32)12-28-22(33)17(25)9-15-11-26-13-29-15)23(34)31-20(24(35)36)8-14-10-27-18-5-3-2-4-16(14)18/h2-5,10-11,13,17,19-20,27H,6-9,12,25H2,1H3,(H,26,29)(H,28,33)(H,30,32)(H,31,34)(H,35,36). The van der Waals surface area contributed by atoms with Crippen molar-refractivity contribution >= 4 is 46.4 Å². The Balaban J connectivity index is 1.57. The number of para-hydroxylation sites is 1. The number of aromatic amines is 2.